The van der Waals surface area contributed by atoms with E-state index in [-0.39, 0.29) is 35.2 Å². The van der Waals surface area contributed by atoms with Crippen LogP contribution in [0.4, 0.5) is 21.7 Å². The Morgan fingerprint density at radius 3 is 2.60 bits per heavy atom. The number of ether oxygens (including phenoxy) is 1. The number of aromatic nitrogens is 2. The van der Waals surface area contributed by atoms with E-state index in [0.717, 1.165) is 38.8 Å². The second-order valence-electron chi connectivity index (χ2n) is 10.2. The van der Waals surface area contributed by atoms with Crippen molar-refractivity contribution >= 4 is 29.1 Å². The van der Waals surface area contributed by atoms with Crippen LogP contribution >= 0.6 is 0 Å². The van der Waals surface area contributed by atoms with Crippen LogP contribution < -0.4 is 31.3 Å². The van der Waals surface area contributed by atoms with E-state index in [4.69, 9.17) is 10.5 Å². The van der Waals surface area contributed by atoms with Gasteiger partial charge in [-0.2, -0.15) is 0 Å². The van der Waals surface area contributed by atoms with Gasteiger partial charge in [-0.25, -0.2) is 14.4 Å². The molecule has 5 rings (SSSR count). The fraction of sp³-hybridized carbons (Fsp3) is 0.379. The second-order valence-corrected chi connectivity index (χ2v) is 10.2. The van der Waals surface area contributed by atoms with Gasteiger partial charge in [-0.05, 0) is 86.7 Å². The zero-order valence-corrected chi connectivity index (χ0v) is 22.5. The van der Waals surface area contributed by atoms with E-state index in [2.05, 4.69) is 25.9 Å². The molecule has 2 amide bonds. The highest BCUT2D eigenvalue weighted by molar-refractivity contribution is 5.96. The average molecular weight is 548 g/mol. The van der Waals surface area contributed by atoms with Gasteiger partial charge in [0.2, 0.25) is 0 Å². The van der Waals surface area contributed by atoms with Gasteiger partial charge < -0.3 is 31.3 Å². The van der Waals surface area contributed by atoms with E-state index in [1.165, 1.54) is 12.3 Å². The van der Waals surface area contributed by atoms with E-state index in [1.807, 2.05) is 4.90 Å². The number of anilines is 3. The van der Waals surface area contributed by atoms with Crippen molar-refractivity contribution in [1.82, 2.24) is 20.6 Å². The summed E-state index contributed by atoms with van der Waals surface area (Å²) in [7, 11) is 1.58. The standard InChI is InChI=1S/C29H34FN7O3/c1-40-22-7-4-19(5-8-22)29(39)35-21-3-2-14-37(17-21)25-16-33-26(27(31)38)28(36-25)34-20-6-9-23(24(30)15-20)18-10-12-32-13-11-18/h4-9,15-16,18,21,32H,2-3,10-14,17H2,1H3,(H2,31,38)(H,34,36)(H,35,39)/t21-/m1/s1. The molecule has 2 aliphatic heterocycles. The molecule has 0 aliphatic carbocycles. The number of nitrogens with two attached hydrogens (primary N) is 1. The van der Waals surface area contributed by atoms with Crippen molar-refractivity contribution in [2.45, 2.75) is 37.6 Å². The van der Waals surface area contributed by atoms with Gasteiger partial charge in [-0.1, -0.05) is 6.07 Å². The minimum atomic E-state index is -0.739. The van der Waals surface area contributed by atoms with Crippen molar-refractivity contribution in [1.29, 1.82) is 0 Å². The number of primary amides is 1. The molecule has 2 fully saturated rings. The van der Waals surface area contributed by atoms with Gasteiger partial charge in [-0.3, -0.25) is 9.59 Å². The predicted octanol–water partition coefficient (Wildman–Crippen LogP) is 3.33. The fourth-order valence-electron chi connectivity index (χ4n) is 5.32. The molecule has 2 aliphatic rings. The van der Waals surface area contributed by atoms with Crippen molar-refractivity contribution in [2.75, 3.05) is 43.5 Å². The van der Waals surface area contributed by atoms with Crippen molar-refractivity contribution < 1.29 is 18.7 Å². The monoisotopic (exact) mass is 547 g/mol. The third-order valence-electron chi connectivity index (χ3n) is 7.47. The third kappa shape index (κ3) is 6.31. The van der Waals surface area contributed by atoms with Crippen molar-refractivity contribution in [3.8, 4) is 5.75 Å². The Hall–Kier alpha value is -4.25. The van der Waals surface area contributed by atoms with Crippen LogP contribution in [0.1, 0.15) is 58.0 Å². The first-order chi connectivity index (χ1) is 19.4. The van der Waals surface area contributed by atoms with Gasteiger partial charge in [-0.15, -0.1) is 0 Å². The average Bonchev–Trinajstić information content (AvgIpc) is 2.97. The molecule has 0 spiro atoms. The summed E-state index contributed by atoms with van der Waals surface area (Å²) in [6.07, 6.45) is 4.93. The van der Waals surface area contributed by atoms with Gasteiger partial charge in [0.05, 0.1) is 13.3 Å². The molecule has 2 saturated heterocycles. The Morgan fingerprint density at radius 1 is 1.12 bits per heavy atom. The van der Waals surface area contributed by atoms with E-state index in [9.17, 15) is 9.59 Å². The summed E-state index contributed by atoms with van der Waals surface area (Å²) < 4.78 is 20.2. The lowest BCUT2D eigenvalue weighted by Gasteiger charge is -2.34. The van der Waals surface area contributed by atoms with Crippen molar-refractivity contribution in [3.63, 3.8) is 0 Å². The number of halogens is 1. The number of nitrogens with zero attached hydrogens (tertiary/aromatic N) is 3. The topological polar surface area (TPSA) is 134 Å². The van der Waals surface area contributed by atoms with E-state index >= 15 is 4.39 Å². The number of amides is 2. The summed E-state index contributed by atoms with van der Waals surface area (Å²) in [5.41, 5.74) is 7.23. The SMILES string of the molecule is COc1ccc(C(=O)N[C@@H]2CCCN(c3cnc(C(N)=O)c(Nc4ccc(C5CCNCC5)c(F)c4)n3)C2)cc1. The van der Waals surface area contributed by atoms with Crippen LogP contribution in [0.3, 0.4) is 0 Å². The van der Waals surface area contributed by atoms with Crippen molar-refractivity contribution in [3.05, 3.63) is 71.3 Å². The van der Waals surface area contributed by atoms with Gasteiger partial charge in [0, 0.05) is 30.4 Å². The zero-order valence-electron chi connectivity index (χ0n) is 22.5. The van der Waals surface area contributed by atoms with Crippen LogP contribution in [0, 0.1) is 5.82 Å². The molecule has 0 bridgehead atoms. The summed E-state index contributed by atoms with van der Waals surface area (Å²) in [4.78, 5) is 35.8. The van der Waals surface area contributed by atoms with Crippen LogP contribution in [0.5, 0.6) is 5.75 Å². The largest absolute Gasteiger partial charge is 0.497 e. The van der Waals surface area contributed by atoms with Crippen LogP contribution in [0.15, 0.2) is 48.7 Å². The quantitative estimate of drug-likeness (QED) is 0.337. The number of benzene rings is 2. The number of rotatable bonds is 8. The van der Waals surface area contributed by atoms with Crippen LogP contribution in [0.25, 0.3) is 0 Å². The van der Waals surface area contributed by atoms with E-state index in [1.54, 1.807) is 43.5 Å². The molecule has 210 valence electrons. The molecular formula is C29H34FN7O3. The Bertz CT molecular complexity index is 1360. The fourth-order valence-corrected chi connectivity index (χ4v) is 5.32. The molecule has 0 saturated carbocycles. The van der Waals surface area contributed by atoms with Crippen LogP contribution in [-0.4, -0.2) is 61.1 Å². The number of methoxy groups -OCH3 is 1. The molecule has 1 atom stereocenters. The van der Waals surface area contributed by atoms with Gasteiger partial charge in [0.1, 0.15) is 17.4 Å². The first-order valence-electron chi connectivity index (χ1n) is 13.5. The van der Waals surface area contributed by atoms with Crippen LogP contribution in [0.2, 0.25) is 0 Å². The Morgan fingerprint density at radius 2 is 1.90 bits per heavy atom. The predicted molar refractivity (Wildman–Crippen MR) is 151 cm³/mol. The molecule has 3 heterocycles. The Labute approximate surface area is 232 Å². The smallest absolute Gasteiger partial charge is 0.271 e. The summed E-state index contributed by atoms with van der Waals surface area (Å²) in [5.74, 6) is 0.345. The highest BCUT2D eigenvalue weighted by Crippen LogP contribution is 2.30. The maximum absolute atomic E-state index is 15.0. The molecule has 3 aromatic rings. The number of piperidine rings is 2. The van der Waals surface area contributed by atoms with E-state index < -0.39 is 5.91 Å². The van der Waals surface area contributed by atoms with Crippen molar-refractivity contribution in [2.24, 2.45) is 5.73 Å². The first kappa shape index (κ1) is 27.3. The van der Waals surface area contributed by atoms with Crippen LogP contribution in [-0.2, 0) is 0 Å². The summed E-state index contributed by atoms with van der Waals surface area (Å²) in [6, 6.07) is 11.8. The summed E-state index contributed by atoms with van der Waals surface area (Å²) in [6.45, 7) is 2.97. The highest BCUT2D eigenvalue weighted by atomic mass is 19.1. The molecule has 5 N–H and O–H groups in total. The zero-order chi connectivity index (χ0) is 28.1. The second kappa shape index (κ2) is 12.3. The minimum Gasteiger partial charge on any atom is -0.497 e. The Balaban J connectivity index is 1.30. The summed E-state index contributed by atoms with van der Waals surface area (Å²) in [5, 5.41) is 9.43. The molecule has 0 radical (unpaired) electrons. The maximum atomic E-state index is 15.0. The third-order valence-corrected chi connectivity index (χ3v) is 7.47. The lowest BCUT2D eigenvalue weighted by molar-refractivity contribution is 0.0931. The number of nitrogens with one attached hydrogen (secondary N) is 3. The molecule has 2 aromatic carbocycles. The lowest BCUT2D eigenvalue weighted by atomic mass is 9.90. The summed E-state index contributed by atoms with van der Waals surface area (Å²) >= 11 is 0. The number of hydrogen-bond acceptors (Lipinski definition) is 8. The highest BCUT2D eigenvalue weighted by Gasteiger charge is 2.25. The lowest BCUT2D eigenvalue weighted by Crippen LogP contribution is -2.48. The molecule has 40 heavy (non-hydrogen) atoms. The van der Waals surface area contributed by atoms with Gasteiger partial charge in [0.15, 0.2) is 11.5 Å². The molecule has 0 unspecified atom stereocenters. The normalized spacial score (nSPS) is 17.8. The van der Waals surface area contributed by atoms with Gasteiger partial charge in [0.25, 0.3) is 11.8 Å². The number of carbonyl (C=O) groups excluding carboxylic acids is 2. The maximum Gasteiger partial charge on any atom is 0.271 e. The first-order valence-corrected chi connectivity index (χ1v) is 13.5. The van der Waals surface area contributed by atoms with E-state index in [0.29, 0.717) is 41.5 Å². The van der Waals surface area contributed by atoms with Gasteiger partial charge >= 0.3 is 0 Å². The molecule has 11 heteroatoms. The molecule has 10 nitrogen and oxygen atoms in total. The molecule has 1 aromatic heterocycles. The Kier molecular flexibility index (Phi) is 8.40. The minimum absolute atomic E-state index is 0.0343. The molecular weight excluding hydrogens is 513 g/mol. The number of carbonyl (C=O) groups is 2. The number of hydrogen-bond donors (Lipinski definition) is 4.